The van der Waals surface area contributed by atoms with E-state index in [2.05, 4.69) is 0 Å². The first kappa shape index (κ1) is 15.9. The Labute approximate surface area is 140 Å². The van der Waals surface area contributed by atoms with Crippen LogP contribution in [0.3, 0.4) is 0 Å². The maximum atomic E-state index is 12.2. The maximum Gasteiger partial charge on any atom is 0.341 e. The molecule has 4 heteroatoms. The number of hydrogen-bond acceptors (Lipinski definition) is 4. The molecule has 3 rings (SSSR count). The van der Waals surface area contributed by atoms with E-state index in [1.807, 2.05) is 36.4 Å². The van der Waals surface area contributed by atoms with Crippen LogP contribution >= 0.6 is 0 Å². The zero-order chi connectivity index (χ0) is 17.1. The lowest BCUT2D eigenvalue weighted by Crippen LogP contribution is -2.06. The van der Waals surface area contributed by atoms with Crippen LogP contribution in [-0.4, -0.2) is 24.8 Å². The van der Waals surface area contributed by atoms with Crippen LogP contribution in [0.15, 0.2) is 54.6 Å². The number of carbonyl (C=O) groups excluding carboxylic acids is 1. The van der Waals surface area contributed by atoms with Gasteiger partial charge < -0.3 is 14.6 Å². The predicted molar refractivity (Wildman–Crippen MR) is 93.6 cm³/mol. The Morgan fingerprint density at radius 2 is 1.83 bits per heavy atom. The Kier molecular flexibility index (Phi) is 4.38. The average Bonchev–Trinajstić information content (AvgIpc) is 2.62. The van der Waals surface area contributed by atoms with Crippen LogP contribution in [0.2, 0.25) is 0 Å². The maximum absolute atomic E-state index is 12.2. The normalized spacial score (nSPS) is 10.6. The van der Waals surface area contributed by atoms with Crippen LogP contribution in [0, 0.1) is 0 Å². The van der Waals surface area contributed by atoms with E-state index in [1.165, 1.54) is 0 Å². The van der Waals surface area contributed by atoms with Crippen LogP contribution in [0.1, 0.15) is 17.3 Å². The summed E-state index contributed by atoms with van der Waals surface area (Å²) in [5, 5.41) is 11.9. The lowest BCUT2D eigenvalue weighted by atomic mass is 9.94. The molecule has 4 nitrogen and oxygen atoms in total. The van der Waals surface area contributed by atoms with Crippen LogP contribution in [0.5, 0.6) is 11.5 Å². The summed E-state index contributed by atoms with van der Waals surface area (Å²) in [6.07, 6.45) is 0. The highest BCUT2D eigenvalue weighted by atomic mass is 16.5. The lowest BCUT2D eigenvalue weighted by Gasteiger charge is -2.15. The Balaban J connectivity index is 2.39. The number of benzene rings is 3. The van der Waals surface area contributed by atoms with Crippen molar-refractivity contribution in [1.82, 2.24) is 0 Å². The second-order valence-corrected chi connectivity index (χ2v) is 5.29. The van der Waals surface area contributed by atoms with Crippen molar-refractivity contribution in [2.75, 3.05) is 13.7 Å². The summed E-state index contributed by atoms with van der Waals surface area (Å²) in [6, 6.07) is 16.7. The van der Waals surface area contributed by atoms with Crippen molar-refractivity contribution in [2.45, 2.75) is 6.92 Å². The molecule has 0 heterocycles. The Hall–Kier alpha value is -3.01. The van der Waals surface area contributed by atoms with Gasteiger partial charge in [-0.1, -0.05) is 42.5 Å². The van der Waals surface area contributed by atoms with Gasteiger partial charge in [0.15, 0.2) is 0 Å². The van der Waals surface area contributed by atoms with Gasteiger partial charge in [-0.2, -0.15) is 0 Å². The SMILES string of the molecule is CCOC(=O)c1cc(-c2ccccc2)c2c(OC)cccc2c1O. The average molecular weight is 322 g/mol. The number of aromatic hydroxyl groups is 1. The highest BCUT2D eigenvalue weighted by molar-refractivity contribution is 6.10. The zero-order valence-corrected chi connectivity index (χ0v) is 13.6. The minimum atomic E-state index is -0.545. The molecule has 0 fully saturated rings. The highest BCUT2D eigenvalue weighted by Gasteiger charge is 2.20. The molecule has 0 bridgehead atoms. The molecule has 0 aliphatic rings. The van der Waals surface area contributed by atoms with Gasteiger partial charge in [-0.15, -0.1) is 0 Å². The van der Waals surface area contributed by atoms with Gasteiger partial charge in [0, 0.05) is 10.8 Å². The second kappa shape index (κ2) is 6.62. The number of ether oxygens (including phenoxy) is 2. The van der Waals surface area contributed by atoms with Crippen molar-refractivity contribution < 1.29 is 19.4 Å². The van der Waals surface area contributed by atoms with Crippen molar-refractivity contribution in [2.24, 2.45) is 0 Å². The summed E-state index contributed by atoms with van der Waals surface area (Å²) in [5.74, 6) is -0.00371. The molecule has 0 radical (unpaired) electrons. The number of phenols is 1. The van der Waals surface area contributed by atoms with Crippen molar-refractivity contribution in [3.63, 3.8) is 0 Å². The topological polar surface area (TPSA) is 55.8 Å². The van der Waals surface area contributed by atoms with Gasteiger partial charge in [0.05, 0.1) is 13.7 Å². The van der Waals surface area contributed by atoms with Gasteiger partial charge in [0.2, 0.25) is 0 Å². The van der Waals surface area contributed by atoms with Crippen LogP contribution in [-0.2, 0) is 4.74 Å². The van der Waals surface area contributed by atoms with Crippen molar-refractivity contribution in [3.05, 3.63) is 60.2 Å². The fourth-order valence-electron chi connectivity index (χ4n) is 2.82. The summed E-state index contributed by atoms with van der Waals surface area (Å²) in [7, 11) is 1.58. The fourth-order valence-corrected chi connectivity index (χ4v) is 2.82. The summed E-state index contributed by atoms with van der Waals surface area (Å²) in [6.45, 7) is 1.98. The van der Waals surface area contributed by atoms with Crippen LogP contribution in [0.4, 0.5) is 0 Å². The third-order valence-corrected chi connectivity index (χ3v) is 3.89. The molecule has 0 amide bonds. The summed E-state index contributed by atoms with van der Waals surface area (Å²) < 4.78 is 10.5. The Bertz CT molecular complexity index is 885. The van der Waals surface area contributed by atoms with Gasteiger partial charge in [-0.25, -0.2) is 4.79 Å². The predicted octanol–water partition coefficient (Wildman–Crippen LogP) is 4.40. The standard InChI is InChI=1S/C20H18O4/c1-3-24-20(22)16-12-15(13-8-5-4-6-9-13)18-14(19(16)21)10-7-11-17(18)23-2/h4-12,21H,3H2,1-2H3. The first-order valence-corrected chi connectivity index (χ1v) is 7.72. The van der Waals surface area contributed by atoms with Crippen molar-refractivity contribution >= 4 is 16.7 Å². The van der Waals surface area contributed by atoms with Crippen molar-refractivity contribution in [3.8, 4) is 22.6 Å². The largest absolute Gasteiger partial charge is 0.506 e. The number of fused-ring (bicyclic) bond motifs is 1. The molecule has 1 N–H and O–H groups in total. The monoisotopic (exact) mass is 322 g/mol. The molecular weight excluding hydrogens is 304 g/mol. The van der Waals surface area contributed by atoms with E-state index < -0.39 is 5.97 Å². The van der Waals surface area contributed by atoms with E-state index in [-0.39, 0.29) is 17.9 Å². The first-order chi connectivity index (χ1) is 11.7. The number of phenolic OH excluding ortho intramolecular Hbond substituents is 1. The van der Waals surface area contributed by atoms with Gasteiger partial charge in [-0.3, -0.25) is 0 Å². The molecule has 0 unspecified atom stereocenters. The zero-order valence-electron chi connectivity index (χ0n) is 13.6. The fraction of sp³-hybridized carbons (Fsp3) is 0.150. The Morgan fingerprint density at radius 1 is 1.08 bits per heavy atom. The van der Waals surface area contributed by atoms with Crippen molar-refractivity contribution in [1.29, 1.82) is 0 Å². The third-order valence-electron chi connectivity index (χ3n) is 3.89. The smallest absolute Gasteiger partial charge is 0.341 e. The molecule has 0 saturated heterocycles. The number of carbonyl (C=O) groups is 1. The minimum absolute atomic E-state index is 0.0953. The number of rotatable bonds is 4. The summed E-state index contributed by atoms with van der Waals surface area (Å²) >= 11 is 0. The molecule has 0 saturated carbocycles. The summed E-state index contributed by atoms with van der Waals surface area (Å²) in [5.41, 5.74) is 1.89. The third kappa shape index (κ3) is 2.67. The summed E-state index contributed by atoms with van der Waals surface area (Å²) in [4.78, 5) is 12.2. The van der Waals surface area contributed by atoms with Gasteiger partial charge in [-0.05, 0) is 30.2 Å². The molecule has 0 aliphatic carbocycles. The molecule has 0 atom stereocenters. The van der Waals surface area contributed by atoms with Crippen LogP contribution < -0.4 is 4.74 Å². The Morgan fingerprint density at radius 3 is 2.50 bits per heavy atom. The molecule has 0 spiro atoms. The second-order valence-electron chi connectivity index (χ2n) is 5.29. The van der Waals surface area contributed by atoms with Gasteiger partial charge in [0.25, 0.3) is 0 Å². The molecule has 0 aromatic heterocycles. The molecule has 24 heavy (non-hydrogen) atoms. The molecule has 3 aromatic carbocycles. The highest BCUT2D eigenvalue weighted by Crippen LogP contribution is 2.41. The number of esters is 1. The van der Waals surface area contributed by atoms with E-state index >= 15 is 0 Å². The molecular formula is C20H18O4. The first-order valence-electron chi connectivity index (χ1n) is 7.72. The minimum Gasteiger partial charge on any atom is -0.506 e. The number of methoxy groups -OCH3 is 1. The molecule has 0 aliphatic heterocycles. The van der Waals surface area contributed by atoms with Gasteiger partial charge in [0.1, 0.15) is 17.1 Å². The van der Waals surface area contributed by atoms with E-state index in [0.717, 1.165) is 16.5 Å². The van der Waals surface area contributed by atoms with E-state index in [4.69, 9.17) is 9.47 Å². The quantitative estimate of drug-likeness (QED) is 0.723. The molecule has 3 aromatic rings. The molecule has 122 valence electrons. The van der Waals surface area contributed by atoms with E-state index in [1.54, 1.807) is 32.2 Å². The van der Waals surface area contributed by atoms with E-state index in [9.17, 15) is 9.90 Å². The number of hydrogen-bond donors (Lipinski definition) is 1. The van der Waals surface area contributed by atoms with Crippen LogP contribution in [0.25, 0.3) is 21.9 Å². The lowest BCUT2D eigenvalue weighted by molar-refractivity contribution is 0.0523. The van der Waals surface area contributed by atoms with E-state index in [0.29, 0.717) is 11.1 Å². The van der Waals surface area contributed by atoms with Gasteiger partial charge >= 0.3 is 5.97 Å².